The first-order valence-corrected chi connectivity index (χ1v) is 7.91. The number of rotatable bonds is 8. The summed E-state index contributed by atoms with van der Waals surface area (Å²) in [7, 11) is 0. The summed E-state index contributed by atoms with van der Waals surface area (Å²) in [5.41, 5.74) is -0.970. The van der Waals surface area contributed by atoms with Crippen LogP contribution in [0.2, 0.25) is 0 Å². The fraction of sp³-hybridized carbons (Fsp3) is 0.467. The minimum atomic E-state index is -0.970. The number of halogens is 2. The number of carboxylic acids is 1. The maximum absolute atomic E-state index is 13.0. The third kappa shape index (κ3) is 4.69. The van der Waals surface area contributed by atoms with Crippen molar-refractivity contribution in [3.63, 3.8) is 0 Å². The van der Waals surface area contributed by atoms with Crippen LogP contribution in [-0.2, 0) is 9.59 Å². The van der Waals surface area contributed by atoms with Gasteiger partial charge in [-0.05, 0) is 31.0 Å². The smallest absolute Gasteiger partial charge is 0.311 e. The van der Waals surface area contributed by atoms with Gasteiger partial charge in [0, 0.05) is 11.4 Å². The van der Waals surface area contributed by atoms with Gasteiger partial charge >= 0.3 is 5.97 Å². The van der Waals surface area contributed by atoms with Crippen molar-refractivity contribution in [2.75, 3.05) is 12.3 Å². The minimum Gasteiger partial charge on any atom is -0.481 e. The molecule has 0 unspecified atom stereocenters. The third-order valence-corrected chi connectivity index (χ3v) is 4.69. The molecule has 0 aliphatic rings. The van der Waals surface area contributed by atoms with Crippen LogP contribution in [0.4, 0.5) is 8.78 Å². The molecule has 1 rings (SSSR count). The summed E-state index contributed by atoms with van der Waals surface area (Å²) >= 11 is 1.06. The van der Waals surface area contributed by atoms with Crippen LogP contribution in [0, 0.1) is 17.0 Å². The highest BCUT2D eigenvalue weighted by Crippen LogP contribution is 2.26. The molecule has 0 spiro atoms. The molecule has 0 fully saturated rings. The number of carbonyl (C=O) groups excluding carboxylic acids is 1. The molecular formula is C15H19F2NO3S. The second kappa shape index (κ2) is 8.12. The van der Waals surface area contributed by atoms with Crippen molar-refractivity contribution < 1.29 is 23.5 Å². The Labute approximate surface area is 132 Å². The van der Waals surface area contributed by atoms with Crippen molar-refractivity contribution >= 4 is 23.6 Å². The molecule has 1 aromatic carbocycles. The number of carbonyl (C=O) groups is 2. The SMILES string of the molecule is CCC(CC)(CNC(=O)CSc1ccc(F)c(F)c1)C(=O)O. The summed E-state index contributed by atoms with van der Waals surface area (Å²) in [6.07, 6.45) is 0.824. The van der Waals surface area contributed by atoms with Crippen LogP contribution in [0.5, 0.6) is 0 Å². The van der Waals surface area contributed by atoms with Crippen molar-refractivity contribution in [2.45, 2.75) is 31.6 Å². The zero-order chi connectivity index (χ0) is 16.8. The third-order valence-electron chi connectivity index (χ3n) is 3.69. The first-order valence-electron chi connectivity index (χ1n) is 6.92. The summed E-state index contributed by atoms with van der Waals surface area (Å²) in [5, 5.41) is 11.9. The van der Waals surface area contributed by atoms with Crippen LogP contribution in [0.1, 0.15) is 26.7 Å². The average molecular weight is 331 g/mol. The van der Waals surface area contributed by atoms with Gasteiger partial charge in [-0.2, -0.15) is 0 Å². The second-order valence-corrected chi connectivity index (χ2v) is 5.98. The van der Waals surface area contributed by atoms with Gasteiger partial charge < -0.3 is 10.4 Å². The van der Waals surface area contributed by atoms with E-state index in [0.717, 1.165) is 23.9 Å². The van der Waals surface area contributed by atoms with Gasteiger partial charge in [0.1, 0.15) is 0 Å². The summed E-state index contributed by atoms with van der Waals surface area (Å²) in [6.45, 7) is 3.58. The Balaban J connectivity index is 2.52. The Morgan fingerprint density at radius 1 is 1.23 bits per heavy atom. The molecule has 0 bridgehead atoms. The fourth-order valence-electron chi connectivity index (χ4n) is 1.91. The molecule has 0 saturated heterocycles. The number of thioether (sulfide) groups is 1. The summed E-state index contributed by atoms with van der Waals surface area (Å²) < 4.78 is 25.8. The van der Waals surface area contributed by atoms with Gasteiger partial charge in [0.05, 0.1) is 11.2 Å². The van der Waals surface area contributed by atoms with Gasteiger partial charge in [-0.15, -0.1) is 11.8 Å². The standard InChI is InChI=1S/C15H19F2NO3S/c1-3-15(4-2,14(20)21)9-18-13(19)8-22-10-5-6-11(16)12(17)7-10/h5-7H,3-4,8-9H2,1-2H3,(H,18,19)(H,20,21). The van der Waals surface area contributed by atoms with E-state index in [1.807, 2.05) is 0 Å². The molecule has 0 heterocycles. The van der Waals surface area contributed by atoms with Crippen LogP contribution in [0.15, 0.2) is 23.1 Å². The van der Waals surface area contributed by atoms with Gasteiger partial charge in [-0.25, -0.2) is 8.78 Å². The lowest BCUT2D eigenvalue weighted by atomic mass is 9.82. The Bertz CT molecular complexity index is 548. The van der Waals surface area contributed by atoms with Gasteiger partial charge in [-0.1, -0.05) is 13.8 Å². The highest BCUT2D eigenvalue weighted by atomic mass is 32.2. The van der Waals surface area contributed by atoms with Gasteiger partial charge in [0.15, 0.2) is 11.6 Å². The molecule has 4 nitrogen and oxygen atoms in total. The average Bonchev–Trinajstić information content (AvgIpc) is 2.49. The number of hydrogen-bond acceptors (Lipinski definition) is 3. The summed E-state index contributed by atoms with van der Waals surface area (Å²) in [5.74, 6) is -3.18. The molecule has 0 aliphatic heterocycles. The monoisotopic (exact) mass is 331 g/mol. The van der Waals surface area contributed by atoms with Crippen molar-refractivity contribution in [3.05, 3.63) is 29.8 Å². The van der Waals surface area contributed by atoms with Crippen LogP contribution >= 0.6 is 11.8 Å². The normalized spacial score (nSPS) is 11.3. The van der Waals surface area contributed by atoms with Crippen molar-refractivity contribution in [1.29, 1.82) is 0 Å². The molecule has 0 saturated carbocycles. The fourth-order valence-corrected chi connectivity index (χ4v) is 2.66. The Morgan fingerprint density at radius 2 is 1.86 bits per heavy atom. The topological polar surface area (TPSA) is 66.4 Å². The largest absolute Gasteiger partial charge is 0.481 e. The molecule has 122 valence electrons. The van der Waals surface area contributed by atoms with E-state index in [-0.39, 0.29) is 18.2 Å². The maximum atomic E-state index is 13.0. The molecular weight excluding hydrogens is 312 g/mol. The number of hydrogen-bond donors (Lipinski definition) is 2. The van der Waals surface area contributed by atoms with Crippen LogP contribution in [-0.4, -0.2) is 29.3 Å². The van der Waals surface area contributed by atoms with E-state index in [0.29, 0.717) is 17.7 Å². The highest BCUT2D eigenvalue weighted by Gasteiger charge is 2.35. The highest BCUT2D eigenvalue weighted by molar-refractivity contribution is 8.00. The second-order valence-electron chi connectivity index (χ2n) is 4.93. The Hall–Kier alpha value is -1.63. The first-order chi connectivity index (χ1) is 10.3. The predicted molar refractivity (Wildman–Crippen MR) is 80.7 cm³/mol. The van der Waals surface area contributed by atoms with Crippen LogP contribution in [0.3, 0.4) is 0 Å². The summed E-state index contributed by atoms with van der Waals surface area (Å²) in [6, 6.07) is 3.40. The molecule has 0 radical (unpaired) electrons. The zero-order valence-electron chi connectivity index (χ0n) is 12.5. The van der Waals surface area contributed by atoms with Crippen molar-refractivity contribution in [1.82, 2.24) is 5.32 Å². The number of amides is 1. The van der Waals surface area contributed by atoms with Crippen molar-refractivity contribution in [2.24, 2.45) is 5.41 Å². The zero-order valence-corrected chi connectivity index (χ0v) is 13.3. The molecule has 22 heavy (non-hydrogen) atoms. The van der Waals surface area contributed by atoms with Gasteiger partial charge in [-0.3, -0.25) is 9.59 Å². The van der Waals surface area contributed by atoms with E-state index in [1.165, 1.54) is 6.07 Å². The lowest BCUT2D eigenvalue weighted by Crippen LogP contribution is -2.42. The predicted octanol–water partition coefficient (Wildman–Crippen LogP) is 3.06. The molecule has 0 aliphatic carbocycles. The minimum absolute atomic E-state index is 0.00813. The van der Waals surface area contributed by atoms with Crippen LogP contribution < -0.4 is 5.32 Å². The molecule has 1 aromatic rings. The number of carboxylic acid groups (broad SMARTS) is 1. The lowest BCUT2D eigenvalue weighted by Gasteiger charge is -2.26. The van der Waals surface area contributed by atoms with E-state index in [9.17, 15) is 23.5 Å². The van der Waals surface area contributed by atoms with E-state index in [1.54, 1.807) is 13.8 Å². The van der Waals surface area contributed by atoms with Gasteiger partial charge in [0.25, 0.3) is 0 Å². The molecule has 0 aromatic heterocycles. The number of nitrogens with one attached hydrogen (secondary N) is 1. The lowest BCUT2D eigenvalue weighted by molar-refractivity contribution is -0.149. The van der Waals surface area contributed by atoms with E-state index >= 15 is 0 Å². The number of benzene rings is 1. The molecule has 1 amide bonds. The van der Waals surface area contributed by atoms with E-state index in [2.05, 4.69) is 5.32 Å². The van der Waals surface area contributed by atoms with Gasteiger partial charge in [0.2, 0.25) is 5.91 Å². The molecule has 0 atom stereocenters. The van der Waals surface area contributed by atoms with Crippen molar-refractivity contribution in [3.8, 4) is 0 Å². The Morgan fingerprint density at radius 3 is 2.36 bits per heavy atom. The number of aliphatic carboxylic acids is 1. The quantitative estimate of drug-likeness (QED) is 0.719. The Kier molecular flexibility index (Phi) is 6.80. The van der Waals surface area contributed by atoms with Crippen LogP contribution in [0.25, 0.3) is 0 Å². The molecule has 2 N–H and O–H groups in total. The van der Waals surface area contributed by atoms with E-state index in [4.69, 9.17) is 0 Å². The summed E-state index contributed by atoms with van der Waals surface area (Å²) in [4.78, 5) is 23.5. The first kappa shape index (κ1) is 18.4. The maximum Gasteiger partial charge on any atom is 0.311 e. The molecule has 7 heteroatoms. The van der Waals surface area contributed by atoms with E-state index < -0.39 is 23.0 Å².